The molecule has 106 valence electrons. The van der Waals surface area contributed by atoms with E-state index in [1.165, 1.54) is 0 Å². The van der Waals surface area contributed by atoms with Crippen molar-refractivity contribution in [3.63, 3.8) is 0 Å². The molecule has 0 unspecified atom stereocenters. The molecular formula is C14H23N3O2. The topological polar surface area (TPSA) is 67.0 Å². The molecule has 2 rings (SSSR count). The van der Waals surface area contributed by atoms with Gasteiger partial charge in [-0.25, -0.2) is 4.98 Å². The number of rotatable bonds is 3. The molecule has 2 heterocycles. The summed E-state index contributed by atoms with van der Waals surface area (Å²) in [5.41, 5.74) is 0.755. The van der Waals surface area contributed by atoms with Crippen LogP contribution in [0.4, 0.5) is 0 Å². The number of nitrogens with zero attached hydrogens (tertiary/aromatic N) is 1. The fraction of sp³-hybridized carbons (Fsp3) is 0.714. The Morgan fingerprint density at radius 2 is 2.11 bits per heavy atom. The molecule has 5 nitrogen and oxygen atoms in total. The van der Waals surface area contributed by atoms with Gasteiger partial charge in [-0.05, 0) is 33.6 Å². The van der Waals surface area contributed by atoms with E-state index in [0.29, 0.717) is 12.5 Å². The number of H-pyrrole nitrogens is 1. The molecule has 0 saturated carbocycles. The first-order chi connectivity index (χ1) is 8.94. The molecule has 0 amide bonds. The minimum absolute atomic E-state index is 0.0170. The van der Waals surface area contributed by atoms with Gasteiger partial charge >= 0.3 is 0 Å². The summed E-state index contributed by atoms with van der Waals surface area (Å²) in [4.78, 5) is 19.2. The van der Waals surface area contributed by atoms with Gasteiger partial charge in [0.25, 0.3) is 5.56 Å². The molecule has 1 fully saturated rings. The van der Waals surface area contributed by atoms with Crippen LogP contribution in [0.2, 0.25) is 0 Å². The number of hydrogen-bond acceptors (Lipinski definition) is 4. The van der Waals surface area contributed by atoms with Gasteiger partial charge in [0.15, 0.2) is 0 Å². The Balaban J connectivity index is 2.12. The molecule has 1 saturated heterocycles. The predicted molar refractivity (Wildman–Crippen MR) is 74.2 cm³/mol. The monoisotopic (exact) mass is 265 g/mol. The minimum atomic E-state index is -0.0674. The van der Waals surface area contributed by atoms with Crippen molar-refractivity contribution in [2.45, 2.75) is 51.6 Å². The lowest BCUT2D eigenvalue weighted by Crippen LogP contribution is -2.36. The highest BCUT2D eigenvalue weighted by Gasteiger charge is 2.19. The summed E-state index contributed by atoms with van der Waals surface area (Å²) in [6.07, 6.45) is 1.86. The van der Waals surface area contributed by atoms with Gasteiger partial charge in [-0.15, -0.1) is 0 Å². The molecule has 5 heteroatoms. The third kappa shape index (κ3) is 4.44. The first kappa shape index (κ1) is 14.2. The van der Waals surface area contributed by atoms with Crippen molar-refractivity contribution in [1.82, 2.24) is 15.3 Å². The minimum Gasteiger partial charge on any atom is -0.381 e. The van der Waals surface area contributed by atoms with Crippen LogP contribution < -0.4 is 10.9 Å². The molecule has 0 bridgehead atoms. The van der Waals surface area contributed by atoms with Crippen LogP contribution in [0.3, 0.4) is 0 Å². The Hall–Kier alpha value is -1.20. The van der Waals surface area contributed by atoms with Gasteiger partial charge in [0.05, 0.1) is 5.69 Å². The summed E-state index contributed by atoms with van der Waals surface area (Å²) >= 11 is 0. The molecule has 19 heavy (non-hydrogen) atoms. The quantitative estimate of drug-likeness (QED) is 0.870. The molecule has 0 atom stereocenters. The van der Waals surface area contributed by atoms with E-state index in [-0.39, 0.29) is 11.1 Å². The van der Waals surface area contributed by atoms with Crippen LogP contribution >= 0.6 is 0 Å². The first-order valence-corrected chi connectivity index (χ1v) is 6.87. The summed E-state index contributed by atoms with van der Waals surface area (Å²) in [5.74, 6) is 1.12. The lowest BCUT2D eigenvalue weighted by Gasteiger charge is -2.22. The molecule has 1 aliphatic heterocycles. The van der Waals surface area contributed by atoms with Crippen LogP contribution in [-0.4, -0.2) is 28.7 Å². The lowest BCUT2D eigenvalue weighted by atomic mass is 9.99. The Bertz CT molecular complexity index is 470. The van der Waals surface area contributed by atoms with Crippen molar-refractivity contribution in [2.75, 3.05) is 13.2 Å². The maximum Gasteiger partial charge on any atom is 0.251 e. The van der Waals surface area contributed by atoms with Crippen molar-refractivity contribution < 1.29 is 4.74 Å². The van der Waals surface area contributed by atoms with Crippen LogP contribution in [0.15, 0.2) is 10.9 Å². The average molecular weight is 265 g/mol. The molecule has 0 spiro atoms. The summed E-state index contributed by atoms with van der Waals surface area (Å²) in [6, 6.07) is 1.57. The van der Waals surface area contributed by atoms with Gasteiger partial charge in [-0.2, -0.15) is 0 Å². The van der Waals surface area contributed by atoms with Crippen molar-refractivity contribution >= 4 is 0 Å². The third-order valence-electron chi connectivity index (χ3n) is 3.22. The van der Waals surface area contributed by atoms with Gasteiger partial charge in [-0.1, -0.05) is 0 Å². The van der Waals surface area contributed by atoms with Crippen molar-refractivity contribution in [3.8, 4) is 0 Å². The van der Waals surface area contributed by atoms with Gasteiger partial charge in [-0.3, -0.25) is 4.79 Å². The molecule has 1 aromatic rings. The third-order valence-corrected chi connectivity index (χ3v) is 3.22. The predicted octanol–water partition coefficient (Wildman–Crippen LogP) is 1.55. The Kier molecular flexibility index (Phi) is 4.37. The molecule has 0 aliphatic carbocycles. The number of hydrogen-bond donors (Lipinski definition) is 2. The SMILES string of the molecule is CC(C)(C)NCc1cc(=O)[nH]c(C2CCOCC2)n1. The number of nitrogens with one attached hydrogen (secondary N) is 2. The van der Waals surface area contributed by atoms with Crippen LogP contribution in [0, 0.1) is 0 Å². The Morgan fingerprint density at radius 1 is 1.42 bits per heavy atom. The highest BCUT2D eigenvalue weighted by Crippen LogP contribution is 2.23. The normalized spacial score (nSPS) is 17.6. The van der Waals surface area contributed by atoms with Gasteiger partial charge in [0, 0.05) is 37.3 Å². The number of ether oxygens (including phenoxy) is 1. The second-order valence-electron chi connectivity index (χ2n) is 6.11. The van der Waals surface area contributed by atoms with Crippen molar-refractivity contribution in [1.29, 1.82) is 0 Å². The molecule has 0 aromatic carbocycles. The van der Waals surface area contributed by atoms with Crippen molar-refractivity contribution in [3.05, 3.63) is 27.9 Å². The Morgan fingerprint density at radius 3 is 2.74 bits per heavy atom. The van der Waals surface area contributed by atoms with E-state index in [0.717, 1.165) is 37.6 Å². The van der Waals surface area contributed by atoms with E-state index in [4.69, 9.17) is 4.74 Å². The second kappa shape index (κ2) is 5.84. The fourth-order valence-corrected chi connectivity index (χ4v) is 2.14. The van der Waals surface area contributed by atoms with Crippen LogP contribution in [0.1, 0.15) is 51.0 Å². The largest absolute Gasteiger partial charge is 0.381 e. The van der Waals surface area contributed by atoms with E-state index in [1.807, 2.05) is 0 Å². The van der Waals surface area contributed by atoms with Gasteiger partial charge in [0.1, 0.15) is 5.82 Å². The summed E-state index contributed by atoms with van der Waals surface area (Å²) in [6.45, 7) is 8.40. The van der Waals surface area contributed by atoms with E-state index in [2.05, 4.69) is 36.1 Å². The maximum atomic E-state index is 11.7. The zero-order valence-corrected chi connectivity index (χ0v) is 12.0. The van der Waals surface area contributed by atoms with Crippen LogP contribution in [0.5, 0.6) is 0 Å². The highest BCUT2D eigenvalue weighted by atomic mass is 16.5. The summed E-state index contributed by atoms with van der Waals surface area (Å²) in [7, 11) is 0. The van der Waals surface area contributed by atoms with E-state index < -0.39 is 0 Å². The van der Waals surface area contributed by atoms with Gasteiger partial charge in [0.2, 0.25) is 0 Å². The van der Waals surface area contributed by atoms with E-state index in [9.17, 15) is 4.79 Å². The fourth-order valence-electron chi connectivity index (χ4n) is 2.14. The first-order valence-electron chi connectivity index (χ1n) is 6.87. The molecule has 1 aliphatic rings. The standard InChI is InChI=1S/C14H23N3O2/c1-14(2,3)15-9-11-8-12(18)17-13(16-11)10-4-6-19-7-5-10/h8,10,15H,4-7,9H2,1-3H3,(H,16,17,18). The molecule has 2 N–H and O–H groups in total. The number of aromatic amines is 1. The second-order valence-corrected chi connectivity index (χ2v) is 6.11. The van der Waals surface area contributed by atoms with Crippen molar-refractivity contribution in [2.24, 2.45) is 0 Å². The zero-order chi connectivity index (χ0) is 13.9. The molecular weight excluding hydrogens is 242 g/mol. The van der Waals surface area contributed by atoms with E-state index in [1.54, 1.807) is 6.07 Å². The van der Waals surface area contributed by atoms with E-state index >= 15 is 0 Å². The highest BCUT2D eigenvalue weighted by molar-refractivity contribution is 5.07. The van der Waals surface area contributed by atoms with Crippen LogP contribution in [0.25, 0.3) is 0 Å². The van der Waals surface area contributed by atoms with Crippen LogP contribution in [-0.2, 0) is 11.3 Å². The Labute approximate surface area is 113 Å². The number of aromatic nitrogens is 2. The summed E-state index contributed by atoms with van der Waals surface area (Å²) in [5, 5.41) is 3.36. The lowest BCUT2D eigenvalue weighted by molar-refractivity contribution is 0.0834. The zero-order valence-electron chi connectivity index (χ0n) is 12.0. The van der Waals surface area contributed by atoms with Gasteiger partial charge < -0.3 is 15.0 Å². The summed E-state index contributed by atoms with van der Waals surface area (Å²) < 4.78 is 5.34. The smallest absolute Gasteiger partial charge is 0.251 e. The molecule has 0 radical (unpaired) electrons. The molecule has 1 aromatic heterocycles. The average Bonchev–Trinajstić information content (AvgIpc) is 2.36. The maximum absolute atomic E-state index is 11.7.